The van der Waals surface area contributed by atoms with Crippen molar-refractivity contribution >= 4 is 28.2 Å². The van der Waals surface area contributed by atoms with Gasteiger partial charge in [0, 0.05) is 10.9 Å². The van der Waals surface area contributed by atoms with Crippen LogP contribution < -0.4 is 5.56 Å². The van der Waals surface area contributed by atoms with E-state index in [0.717, 1.165) is 16.1 Å². The Balaban J connectivity index is 1.54. The predicted molar refractivity (Wildman–Crippen MR) is 108 cm³/mol. The fourth-order valence-electron chi connectivity index (χ4n) is 2.77. The van der Waals surface area contributed by atoms with Crippen molar-refractivity contribution in [3.8, 4) is 10.6 Å². The number of nitrogens with zero attached hydrogens (tertiary/aromatic N) is 2. The highest BCUT2D eigenvalue weighted by atomic mass is 32.1. The van der Waals surface area contributed by atoms with Crippen molar-refractivity contribution in [3.05, 3.63) is 81.3 Å². The SMILES string of the molecule is Cc1ccc(-c2nc(C(=O)O[C@@H](C)c3nc4ccccc4c(=O)[nH]3)cs2)cc1. The van der Waals surface area contributed by atoms with Gasteiger partial charge in [-0.15, -0.1) is 11.3 Å². The molecule has 0 aliphatic rings. The second-order valence-corrected chi connectivity index (χ2v) is 7.28. The highest BCUT2D eigenvalue weighted by molar-refractivity contribution is 7.13. The molecule has 4 aromatic rings. The molecule has 0 bridgehead atoms. The molecule has 2 aromatic heterocycles. The van der Waals surface area contributed by atoms with Gasteiger partial charge in [-0.2, -0.15) is 0 Å². The molecule has 0 amide bonds. The lowest BCUT2D eigenvalue weighted by Gasteiger charge is -2.12. The minimum atomic E-state index is -0.714. The molecule has 4 rings (SSSR count). The van der Waals surface area contributed by atoms with Crippen LogP contribution in [-0.2, 0) is 4.74 Å². The number of aryl methyl sites for hydroxylation is 1. The zero-order chi connectivity index (χ0) is 19.7. The van der Waals surface area contributed by atoms with E-state index in [9.17, 15) is 9.59 Å². The Morgan fingerprint density at radius 2 is 1.86 bits per heavy atom. The fraction of sp³-hybridized carbons (Fsp3) is 0.143. The van der Waals surface area contributed by atoms with Gasteiger partial charge in [0.1, 0.15) is 5.01 Å². The summed E-state index contributed by atoms with van der Waals surface area (Å²) in [5.41, 5.74) is 2.63. The third-order valence-corrected chi connectivity index (χ3v) is 5.20. The lowest BCUT2D eigenvalue weighted by Crippen LogP contribution is -2.17. The van der Waals surface area contributed by atoms with Crippen LogP contribution in [-0.4, -0.2) is 20.9 Å². The molecule has 28 heavy (non-hydrogen) atoms. The second-order valence-electron chi connectivity index (χ2n) is 6.42. The topological polar surface area (TPSA) is 84.9 Å². The van der Waals surface area contributed by atoms with Gasteiger partial charge in [0.2, 0.25) is 0 Å². The Kier molecular flexibility index (Phi) is 4.75. The van der Waals surface area contributed by atoms with E-state index in [0.29, 0.717) is 16.7 Å². The first-order chi connectivity index (χ1) is 13.5. The van der Waals surface area contributed by atoms with Crippen molar-refractivity contribution in [2.75, 3.05) is 0 Å². The number of hydrogen-bond donors (Lipinski definition) is 1. The molecule has 0 spiro atoms. The number of esters is 1. The number of hydrogen-bond acceptors (Lipinski definition) is 6. The van der Waals surface area contributed by atoms with Gasteiger partial charge in [-0.3, -0.25) is 4.79 Å². The molecular formula is C21H17N3O3S. The number of ether oxygens (including phenoxy) is 1. The van der Waals surface area contributed by atoms with Gasteiger partial charge in [0.15, 0.2) is 17.6 Å². The highest BCUT2D eigenvalue weighted by Crippen LogP contribution is 2.25. The van der Waals surface area contributed by atoms with Crippen LogP contribution in [0.5, 0.6) is 0 Å². The third kappa shape index (κ3) is 3.57. The number of benzene rings is 2. The van der Waals surface area contributed by atoms with E-state index in [1.807, 2.05) is 31.2 Å². The van der Waals surface area contributed by atoms with Gasteiger partial charge in [-0.05, 0) is 26.0 Å². The minimum absolute atomic E-state index is 0.232. The number of fused-ring (bicyclic) bond motifs is 1. The molecule has 7 heteroatoms. The van der Waals surface area contributed by atoms with Gasteiger partial charge in [-0.1, -0.05) is 42.0 Å². The van der Waals surface area contributed by atoms with E-state index in [-0.39, 0.29) is 11.3 Å². The number of thiazole rings is 1. The summed E-state index contributed by atoms with van der Waals surface area (Å²) in [5, 5.41) is 2.91. The van der Waals surface area contributed by atoms with E-state index < -0.39 is 12.1 Å². The normalized spacial score (nSPS) is 12.1. The van der Waals surface area contributed by atoms with E-state index in [4.69, 9.17) is 4.74 Å². The predicted octanol–water partition coefficient (Wildman–Crippen LogP) is 4.27. The van der Waals surface area contributed by atoms with Crippen molar-refractivity contribution in [3.63, 3.8) is 0 Å². The first-order valence-electron chi connectivity index (χ1n) is 8.74. The van der Waals surface area contributed by atoms with Crippen molar-refractivity contribution < 1.29 is 9.53 Å². The zero-order valence-electron chi connectivity index (χ0n) is 15.3. The largest absolute Gasteiger partial charge is 0.450 e. The summed E-state index contributed by atoms with van der Waals surface area (Å²) in [6.45, 7) is 3.68. The molecule has 1 atom stereocenters. The first-order valence-corrected chi connectivity index (χ1v) is 9.62. The van der Waals surface area contributed by atoms with E-state index >= 15 is 0 Å². The number of rotatable bonds is 4. The van der Waals surface area contributed by atoms with Crippen molar-refractivity contribution in [2.45, 2.75) is 20.0 Å². The number of H-pyrrole nitrogens is 1. The minimum Gasteiger partial charge on any atom is -0.450 e. The van der Waals surface area contributed by atoms with Crippen LogP contribution in [0.15, 0.2) is 58.7 Å². The number of nitrogens with one attached hydrogen (secondary N) is 1. The first kappa shape index (κ1) is 18.1. The van der Waals surface area contributed by atoms with Crippen LogP contribution in [0.1, 0.15) is 34.9 Å². The third-order valence-electron chi connectivity index (χ3n) is 4.31. The number of carbonyl (C=O) groups is 1. The monoisotopic (exact) mass is 391 g/mol. The second kappa shape index (κ2) is 7.36. The zero-order valence-corrected chi connectivity index (χ0v) is 16.1. The molecule has 6 nitrogen and oxygen atoms in total. The molecule has 140 valence electrons. The quantitative estimate of drug-likeness (QED) is 0.525. The maximum absolute atomic E-state index is 12.5. The van der Waals surface area contributed by atoms with Gasteiger partial charge >= 0.3 is 5.97 Å². The summed E-state index contributed by atoms with van der Waals surface area (Å²) < 4.78 is 5.47. The Bertz CT molecular complexity index is 1210. The Labute approximate surface area is 164 Å². The summed E-state index contributed by atoms with van der Waals surface area (Å²) in [4.78, 5) is 36.1. The average molecular weight is 391 g/mol. The lowest BCUT2D eigenvalue weighted by molar-refractivity contribution is 0.0314. The molecule has 0 unspecified atom stereocenters. The average Bonchev–Trinajstić information content (AvgIpc) is 3.19. The van der Waals surface area contributed by atoms with Crippen molar-refractivity contribution in [1.82, 2.24) is 15.0 Å². The van der Waals surface area contributed by atoms with Gasteiger partial charge in [-0.25, -0.2) is 14.8 Å². The van der Waals surface area contributed by atoms with Crippen LogP contribution in [0.4, 0.5) is 0 Å². The fourth-order valence-corrected chi connectivity index (χ4v) is 3.57. The maximum atomic E-state index is 12.5. The van der Waals surface area contributed by atoms with Crippen molar-refractivity contribution in [1.29, 1.82) is 0 Å². The van der Waals surface area contributed by atoms with E-state index in [1.54, 1.807) is 36.6 Å². The van der Waals surface area contributed by atoms with Crippen LogP contribution >= 0.6 is 11.3 Å². The Morgan fingerprint density at radius 1 is 1.11 bits per heavy atom. The highest BCUT2D eigenvalue weighted by Gasteiger charge is 2.19. The molecular weight excluding hydrogens is 374 g/mol. The van der Waals surface area contributed by atoms with Gasteiger partial charge in [0.05, 0.1) is 10.9 Å². The van der Waals surface area contributed by atoms with Crippen molar-refractivity contribution in [2.24, 2.45) is 0 Å². The number of para-hydroxylation sites is 1. The molecule has 2 heterocycles. The molecule has 0 aliphatic heterocycles. The molecule has 0 radical (unpaired) electrons. The van der Waals surface area contributed by atoms with Crippen LogP contribution in [0, 0.1) is 6.92 Å². The summed E-state index contributed by atoms with van der Waals surface area (Å²) in [5.74, 6) is -0.260. The molecule has 0 fully saturated rings. The lowest BCUT2D eigenvalue weighted by atomic mass is 10.2. The summed E-state index contributed by atoms with van der Waals surface area (Å²) in [7, 11) is 0. The standard InChI is InChI=1S/C21H17N3O3S/c1-12-7-9-14(10-8-12)20-23-17(11-28-20)21(26)27-13(2)18-22-16-6-4-3-5-15(16)19(25)24-18/h3-11,13H,1-2H3,(H,22,24,25)/t13-/m0/s1. The summed E-state index contributed by atoms with van der Waals surface area (Å²) in [6, 6.07) is 15.0. The molecule has 0 saturated heterocycles. The van der Waals surface area contributed by atoms with Gasteiger partial charge in [0.25, 0.3) is 5.56 Å². The van der Waals surface area contributed by atoms with Gasteiger partial charge < -0.3 is 9.72 Å². The molecule has 0 saturated carbocycles. The van der Waals surface area contributed by atoms with Crippen LogP contribution in [0.3, 0.4) is 0 Å². The Morgan fingerprint density at radius 3 is 2.64 bits per heavy atom. The molecule has 2 aromatic carbocycles. The Hall–Kier alpha value is -3.32. The van der Waals surface area contributed by atoms with Crippen LogP contribution in [0.25, 0.3) is 21.5 Å². The molecule has 0 aliphatic carbocycles. The number of aromatic amines is 1. The maximum Gasteiger partial charge on any atom is 0.358 e. The number of aromatic nitrogens is 3. The van der Waals surface area contributed by atoms with E-state index in [1.165, 1.54) is 11.3 Å². The molecule has 1 N–H and O–H groups in total. The van der Waals surface area contributed by atoms with E-state index in [2.05, 4.69) is 15.0 Å². The summed E-state index contributed by atoms with van der Waals surface area (Å²) in [6.07, 6.45) is -0.714. The van der Waals surface area contributed by atoms with Crippen LogP contribution in [0.2, 0.25) is 0 Å². The summed E-state index contributed by atoms with van der Waals surface area (Å²) >= 11 is 1.38. The number of carbonyl (C=O) groups excluding carboxylic acids is 1. The smallest absolute Gasteiger partial charge is 0.358 e.